The molecular weight excluding hydrogens is 226 g/mol. The van der Waals surface area contributed by atoms with E-state index in [1.54, 1.807) is 0 Å². The van der Waals surface area contributed by atoms with E-state index >= 15 is 0 Å². The zero-order valence-electron chi connectivity index (χ0n) is 10.7. The second kappa shape index (κ2) is 4.42. The first kappa shape index (κ1) is 11.2. The van der Waals surface area contributed by atoms with Crippen molar-refractivity contribution in [1.29, 1.82) is 0 Å². The van der Waals surface area contributed by atoms with Gasteiger partial charge in [-0.15, -0.1) is 0 Å². The number of nitrogens with one attached hydrogen (secondary N) is 2. The maximum absolute atomic E-state index is 4.60. The van der Waals surface area contributed by atoms with Gasteiger partial charge in [0.15, 0.2) is 0 Å². The zero-order chi connectivity index (χ0) is 12.5. The second-order valence-electron chi connectivity index (χ2n) is 4.57. The monoisotopic (exact) mass is 243 g/mol. The van der Waals surface area contributed by atoms with Crippen molar-refractivity contribution in [3.63, 3.8) is 0 Å². The van der Waals surface area contributed by atoms with Crippen molar-refractivity contribution in [3.05, 3.63) is 35.5 Å². The quantitative estimate of drug-likeness (QED) is 0.840. The summed E-state index contributed by atoms with van der Waals surface area (Å²) in [6, 6.07) is 2.04. The predicted molar refractivity (Wildman–Crippen MR) is 71.0 cm³/mol. The molecule has 0 radical (unpaired) electrons. The normalized spacial score (nSPS) is 14.3. The summed E-state index contributed by atoms with van der Waals surface area (Å²) in [4.78, 5) is 14.3. The van der Waals surface area contributed by atoms with Crippen molar-refractivity contribution in [1.82, 2.24) is 20.3 Å². The minimum absolute atomic E-state index is 0.841. The van der Waals surface area contributed by atoms with Crippen LogP contribution in [-0.4, -0.2) is 28.5 Å². The molecule has 5 heteroatoms. The Morgan fingerprint density at radius 1 is 1.33 bits per heavy atom. The first-order valence-corrected chi connectivity index (χ1v) is 6.19. The number of aryl methyl sites for hydroxylation is 1. The smallest absolute Gasteiger partial charge is 0.141 e. The molecule has 1 aliphatic heterocycles. The van der Waals surface area contributed by atoms with Crippen LogP contribution in [0.15, 0.2) is 18.5 Å². The first-order chi connectivity index (χ1) is 8.75. The number of hydrogen-bond acceptors (Lipinski definition) is 4. The van der Waals surface area contributed by atoms with Crippen LogP contribution in [-0.2, 0) is 13.0 Å². The third-order valence-corrected chi connectivity index (χ3v) is 3.31. The minimum atomic E-state index is 0.841. The van der Waals surface area contributed by atoms with Gasteiger partial charge in [-0.2, -0.15) is 0 Å². The molecule has 1 aliphatic rings. The molecule has 18 heavy (non-hydrogen) atoms. The summed E-state index contributed by atoms with van der Waals surface area (Å²) in [5.74, 6) is 1.84. The summed E-state index contributed by atoms with van der Waals surface area (Å²) in [7, 11) is 2.04. The van der Waals surface area contributed by atoms with Crippen LogP contribution >= 0.6 is 0 Å². The molecule has 3 heterocycles. The molecule has 0 bridgehead atoms. The highest BCUT2D eigenvalue weighted by Gasteiger charge is 2.19. The van der Waals surface area contributed by atoms with E-state index < -0.39 is 0 Å². The lowest BCUT2D eigenvalue weighted by molar-refractivity contribution is 0.622. The van der Waals surface area contributed by atoms with E-state index in [1.165, 1.54) is 11.3 Å². The largest absolute Gasteiger partial charge is 0.366 e. The van der Waals surface area contributed by atoms with Crippen LogP contribution < -0.4 is 10.2 Å². The predicted octanol–water partition coefficient (Wildman–Crippen LogP) is 1.53. The Hall–Kier alpha value is -1.88. The fourth-order valence-corrected chi connectivity index (χ4v) is 2.37. The molecular formula is C13H17N5. The van der Waals surface area contributed by atoms with Gasteiger partial charge < -0.3 is 15.2 Å². The van der Waals surface area contributed by atoms with Crippen LogP contribution in [0, 0.1) is 6.92 Å². The Kier molecular flexibility index (Phi) is 2.76. The molecule has 2 aromatic rings. The molecule has 0 saturated heterocycles. The SMILES string of the molecule is Cc1nc2c(c(N(C)c3cc[nH]c3)n1)CNCC2. The van der Waals surface area contributed by atoms with Crippen molar-refractivity contribution in [2.45, 2.75) is 19.9 Å². The summed E-state index contributed by atoms with van der Waals surface area (Å²) in [5, 5.41) is 3.39. The Bertz CT molecular complexity index is 547. The summed E-state index contributed by atoms with van der Waals surface area (Å²) < 4.78 is 0. The highest BCUT2D eigenvalue weighted by molar-refractivity contribution is 5.62. The average molecular weight is 243 g/mol. The summed E-state index contributed by atoms with van der Waals surface area (Å²) in [6.07, 6.45) is 4.87. The number of nitrogens with zero attached hydrogens (tertiary/aromatic N) is 3. The van der Waals surface area contributed by atoms with E-state index in [1.807, 2.05) is 32.4 Å². The molecule has 5 nitrogen and oxygen atoms in total. The van der Waals surface area contributed by atoms with Gasteiger partial charge in [0.2, 0.25) is 0 Å². The number of fused-ring (bicyclic) bond motifs is 1. The minimum Gasteiger partial charge on any atom is -0.366 e. The molecule has 0 unspecified atom stereocenters. The van der Waals surface area contributed by atoms with Gasteiger partial charge in [0, 0.05) is 44.5 Å². The highest BCUT2D eigenvalue weighted by Crippen LogP contribution is 2.27. The lowest BCUT2D eigenvalue weighted by Gasteiger charge is -2.25. The molecule has 2 N–H and O–H groups in total. The zero-order valence-corrected chi connectivity index (χ0v) is 10.7. The Labute approximate surface area is 106 Å². The third-order valence-electron chi connectivity index (χ3n) is 3.31. The lowest BCUT2D eigenvalue weighted by atomic mass is 10.1. The van der Waals surface area contributed by atoms with Crippen molar-refractivity contribution in [2.24, 2.45) is 0 Å². The van der Waals surface area contributed by atoms with Gasteiger partial charge in [-0.3, -0.25) is 0 Å². The number of aromatic amines is 1. The molecule has 0 atom stereocenters. The number of anilines is 2. The van der Waals surface area contributed by atoms with E-state index in [-0.39, 0.29) is 0 Å². The van der Waals surface area contributed by atoms with E-state index in [4.69, 9.17) is 0 Å². The molecule has 0 amide bonds. The van der Waals surface area contributed by atoms with E-state index in [0.29, 0.717) is 0 Å². The molecule has 0 saturated carbocycles. The van der Waals surface area contributed by atoms with E-state index in [9.17, 15) is 0 Å². The van der Waals surface area contributed by atoms with E-state index in [0.717, 1.165) is 36.8 Å². The van der Waals surface area contributed by atoms with Crippen LogP contribution in [0.2, 0.25) is 0 Å². The summed E-state index contributed by atoms with van der Waals surface area (Å²) >= 11 is 0. The van der Waals surface area contributed by atoms with Gasteiger partial charge in [-0.1, -0.05) is 0 Å². The van der Waals surface area contributed by atoms with Crippen molar-refractivity contribution < 1.29 is 0 Å². The molecule has 0 fully saturated rings. The number of H-pyrrole nitrogens is 1. The first-order valence-electron chi connectivity index (χ1n) is 6.19. The highest BCUT2D eigenvalue weighted by atomic mass is 15.2. The molecule has 94 valence electrons. The van der Waals surface area contributed by atoms with Crippen LogP contribution in [0.3, 0.4) is 0 Å². The van der Waals surface area contributed by atoms with E-state index in [2.05, 4.69) is 25.2 Å². The van der Waals surface area contributed by atoms with Crippen LogP contribution in [0.25, 0.3) is 0 Å². The fraction of sp³-hybridized carbons (Fsp3) is 0.385. The van der Waals surface area contributed by atoms with Crippen molar-refractivity contribution in [3.8, 4) is 0 Å². The summed E-state index contributed by atoms with van der Waals surface area (Å²) in [5.41, 5.74) is 3.51. The van der Waals surface area contributed by atoms with Crippen molar-refractivity contribution >= 4 is 11.5 Å². The summed E-state index contributed by atoms with van der Waals surface area (Å²) in [6.45, 7) is 3.80. The van der Waals surface area contributed by atoms with Gasteiger partial charge in [-0.05, 0) is 13.0 Å². The maximum atomic E-state index is 4.60. The molecule has 0 aliphatic carbocycles. The van der Waals surface area contributed by atoms with Gasteiger partial charge >= 0.3 is 0 Å². The third kappa shape index (κ3) is 1.86. The van der Waals surface area contributed by atoms with Gasteiger partial charge in [0.1, 0.15) is 11.6 Å². The topological polar surface area (TPSA) is 56.8 Å². The number of rotatable bonds is 2. The average Bonchev–Trinajstić information content (AvgIpc) is 2.90. The maximum Gasteiger partial charge on any atom is 0.141 e. The lowest BCUT2D eigenvalue weighted by Crippen LogP contribution is -2.28. The van der Waals surface area contributed by atoms with Crippen LogP contribution in [0.1, 0.15) is 17.1 Å². The Morgan fingerprint density at radius 3 is 3.00 bits per heavy atom. The fourth-order valence-electron chi connectivity index (χ4n) is 2.37. The molecule has 2 aromatic heterocycles. The number of hydrogen-bond donors (Lipinski definition) is 2. The van der Waals surface area contributed by atoms with Gasteiger partial charge in [0.05, 0.1) is 11.4 Å². The molecule has 3 rings (SSSR count). The molecule has 0 spiro atoms. The Morgan fingerprint density at radius 2 is 2.22 bits per heavy atom. The molecule has 0 aromatic carbocycles. The Balaban J connectivity index is 2.08. The van der Waals surface area contributed by atoms with Crippen LogP contribution in [0.5, 0.6) is 0 Å². The standard InChI is InChI=1S/C13H17N5/c1-9-16-12-4-6-15-8-11(12)13(17-9)18(2)10-3-5-14-7-10/h3,5,7,14-15H,4,6,8H2,1-2H3. The van der Waals surface area contributed by atoms with Crippen molar-refractivity contribution in [2.75, 3.05) is 18.5 Å². The number of aromatic nitrogens is 3. The second-order valence-corrected chi connectivity index (χ2v) is 4.57. The van der Waals surface area contributed by atoms with Gasteiger partial charge in [-0.25, -0.2) is 9.97 Å². The van der Waals surface area contributed by atoms with Gasteiger partial charge in [0.25, 0.3) is 0 Å². The van der Waals surface area contributed by atoms with Crippen LogP contribution in [0.4, 0.5) is 11.5 Å².